The summed E-state index contributed by atoms with van der Waals surface area (Å²) in [5, 5.41) is 1.10. The quantitative estimate of drug-likeness (QED) is 0.338. The lowest BCUT2D eigenvalue weighted by atomic mass is 10.1. The van der Waals surface area contributed by atoms with E-state index in [1.165, 1.54) is 10.4 Å². The van der Waals surface area contributed by atoms with Crippen molar-refractivity contribution >= 4 is 27.4 Å². The van der Waals surface area contributed by atoms with Crippen molar-refractivity contribution in [2.45, 2.75) is 18.9 Å². The number of hydrogen-bond donors (Lipinski definition) is 0. The Labute approximate surface area is 190 Å². The van der Waals surface area contributed by atoms with Gasteiger partial charge in [0.05, 0.1) is 17.1 Å². The van der Waals surface area contributed by atoms with E-state index in [1.54, 1.807) is 17.5 Å². The first-order valence-corrected chi connectivity index (χ1v) is 11.6. The van der Waals surface area contributed by atoms with Gasteiger partial charge in [0.2, 0.25) is 0 Å². The van der Waals surface area contributed by atoms with Crippen molar-refractivity contribution in [3.63, 3.8) is 0 Å². The number of nitrogens with zero attached hydrogens (tertiary/aromatic N) is 5. The summed E-state index contributed by atoms with van der Waals surface area (Å²) in [5.74, 6) is 1.70. The van der Waals surface area contributed by atoms with E-state index in [0.29, 0.717) is 5.82 Å². The van der Waals surface area contributed by atoms with Gasteiger partial charge in [-0.15, -0.1) is 11.3 Å². The van der Waals surface area contributed by atoms with Crippen LogP contribution in [0.1, 0.15) is 24.6 Å². The Hall–Kier alpha value is -3.64. The van der Waals surface area contributed by atoms with Crippen molar-refractivity contribution < 1.29 is 0 Å². The van der Waals surface area contributed by atoms with Crippen molar-refractivity contribution in [1.82, 2.24) is 19.9 Å². The Balaban J connectivity index is 1.54. The van der Waals surface area contributed by atoms with Gasteiger partial charge < -0.3 is 4.90 Å². The Morgan fingerprint density at radius 3 is 2.56 bits per heavy atom. The molecule has 0 bridgehead atoms. The van der Waals surface area contributed by atoms with E-state index in [2.05, 4.69) is 57.3 Å². The molecule has 0 saturated carbocycles. The maximum atomic E-state index is 5.09. The van der Waals surface area contributed by atoms with E-state index in [9.17, 15) is 0 Å². The third-order valence-electron chi connectivity index (χ3n) is 5.90. The van der Waals surface area contributed by atoms with Gasteiger partial charge in [0, 0.05) is 35.6 Å². The van der Waals surface area contributed by atoms with E-state index in [1.807, 2.05) is 36.7 Å². The second-order valence-corrected chi connectivity index (χ2v) is 8.94. The normalized spacial score (nSPS) is 16.0. The topological polar surface area (TPSA) is 54.8 Å². The molecule has 1 atom stereocenters. The molecule has 0 amide bonds. The van der Waals surface area contributed by atoms with Gasteiger partial charge in [0.15, 0.2) is 5.82 Å². The lowest BCUT2D eigenvalue weighted by Gasteiger charge is -2.26. The average Bonchev–Trinajstić information content (AvgIpc) is 3.53. The minimum Gasteiger partial charge on any atom is -0.347 e. The fourth-order valence-electron chi connectivity index (χ4n) is 4.39. The van der Waals surface area contributed by atoms with E-state index >= 15 is 0 Å². The highest BCUT2D eigenvalue weighted by molar-refractivity contribution is 7.22. The fraction of sp³-hybridized carbons (Fsp3) is 0.154. The Kier molecular flexibility index (Phi) is 4.85. The SMILES string of the molecule is c1ccc(-c2cc3c(N4CCCC4c4ccccn4)nc(-c4cccnc4)nc3s2)cc1. The highest BCUT2D eigenvalue weighted by Crippen LogP contribution is 2.42. The minimum atomic E-state index is 0.219. The highest BCUT2D eigenvalue weighted by Gasteiger charge is 2.30. The van der Waals surface area contributed by atoms with Crippen LogP contribution in [0.2, 0.25) is 0 Å². The third kappa shape index (κ3) is 3.42. The average molecular weight is 436 g/mol. The second kappa shape index (κ2) is 8.13. The third-order valence-corrected chi connectivity index (χ3v) is 6.98. The first-order valence-electron chi connectivity index (χ1n) is 10.8. The molecule has 1 saturated heterocycles. The Bertz CT molecular complexity index is 1350. The monoisotopic (exact) mass is 435 g/mol. The van der Waals surface area contributed by atoms with Gasteiger partial charge in [-0.25, -0.2) is 9.97 Å². The molecule has 4 aromatic heterocycles. The lowest BCUT2D eigenvalue weighted by Crippen LogP contribution is -2.24. The van der Waals surface area contributed by atoms with Gasteiger partial charge >= 0.3 is 0 Å². The number of rotatable bonds is 4. The van der Waals surface area contributed by atoms with E-state index in [-0.39, 0.29) is 6.04 Å². The molecule has 5 aromatic rings. The zero-order valence-electron chi connectivity index (χ0n) is 17.4. The van der Waals surface area contributed by atoms with Gasteiger partial charge in [-0.2, -0.15) is 0 Å². The van der Waals surface area contributed by atoms with Crippen LogP contribution in [0.15, 0.2) is 85.3 Å². The maximum Gasteiger partial charge on any atom is 0.164 e. The molecular weight excluding hydrogens is 414 g/mol. The molecule has 32 heavy (non-hydrogen) atoms. The standard InChI is InChI=1S/C26H21N5S/c1-2-8-18(9-3-1)23-16-20-25(31-15-7-12-22(31)21-11-4-5-14-28-21)29-24(30-26(20)32-23)19-10-6-13-27-17-19/h1-6,8-11,13-14,16-17,22H,7,12,15H2. The molecule has 1 aliphatic rings. The van der Waals surface area contributed by atoms with Crippen LogP contribution < -0.4 is 4.90 Å². The smallest absolute Gasteiger partial charge is 0.164 e. The predicted molar refractivity (Wildman–Crippen MR) is 130 cm³/mol. The fourth-order valence-corrected chi connectivity index (χ4v) is 5.43. The minimum absolute atomic E-state index is 0.219. The van der Waals surface area contributed by atoms with Crippen molar-refractivity contribution in [1.29, 1.82) is 0 Å². The number of benzene rings is 1. The molecule has 1 unspecified atom stereocenters. The highest BCUT2D eigenvalue weighted by atomic mass is 32.1. The van der Waals surface area contributed by atoms with Crippen LogP contribution in [0.3, 0.4) is 0 Å². The molecule has 5 heterocycles. The van der Waals surface area contributed by atoms with Gasteiger partial charge in [-0.3, -0.25) is 9.97 Å². The summed E-state index contributed by atoms with van der Waals surface area (Å²) in [6, 6.07) is 23.0. The molecule has 6 rings (SSSR count). The Morgan fingerprint density at radius 2 is 1.75 bits per heavy atom. The van der Waals surface area contributed by atoms with Gasteiger partial charge in [-0.1, -0.05) is 36.4 Å². The Morgan fingerprint density at radius 1 is 0.875 bits per heavy atom. The number of thiophene rings is 1. The molecule has 1 aromatic carbocycles. The van der Waals surface area contributed by atoms with Crippen LogP contribution in [-0.4, -0.2) is 26.5 Å². The number of pyridine rings is 2. The van der Waals surface area contributed by atoms with Crippen LogP contribution in [0.4, 0.5) is 5.82 Å². The second-order valence-electron chi connectivity index (χ2n) is 7.91. The summed E-state index contributed by atoms with van der Waals surface area (Å²) in [6.45, 7) is 0.955. The molecule has 5 nitrogen and oxygen atoms in total. The predicted octanol–water partition coefficient (Wildman–Crippen LogP) is 6.16. The molecule has 0 spiro atoms. The molecule has 6 heteroatoms. The maximum absolute atomic E-state index is 5.09. The van der Waals surface area contributed by atoms with E-state index < -0.39 is 0 Å². The number of anilines is 1. The van der Waals surface area contributed by atoms with Crippen LogP contribution in [0.5, 0.6) is 0 Å². The summed E-state index contributed by atoms with van der Waals surface area (Å²) in [4.78, 5) is 23.6. The summed E-state index contributed by atoms with van der Waals surface area (Å²) in [6.07, 6.45) is 7.67. The number of hydrogen-bond acceptors (Lipinski definition) is 6. The van der Waals surface area contributed by atoms with Crippen molar-refractivity contribution in [3.05, 3.63) is 91.0 Å². The van der Waals surface area contributed by atoms with Crippen LogP contribution in [0, 0.1) is 0 Å². The molecule has 1 aliphatic heterocycles. The molecule has 0 radical (unpaired) electrons. The summed E-state index contributed by atoms with van der Waals surface area (Å²) in [7, 11) is 0. The van der Waals surface area contributed by atoms with Crippen molar-refractivity contribution in [3.8, 4) is 21.8 Å². The zero-order valence-corrected chi connectivity index (χ0v) is 18.2. The van der Waals surface area contributed by atoms with Crippen LogP contribution in [-0.2, 0) is 0 Å². The molecule has 156 valence electrons. The lowest BCUT2D eigenvalue weighted by molar-refractivity contribution is 0.690. The van der Waals surface area contributed by atoms with E-state index in [4.69, 9.17) is 9.97 Å². The first-order chi connectivity index (χ1) is 15.9. The first kappa shape index (κ1) is 19.1. The largest absolute Gasteiger partial charge is 0.347 e. The van der Waals surface area contributed by atoms with Crippen molar-refractivity contribution in [2.75, 3.05) is 11.4 Å². The summed E-state index contributed by atoms with van der Waals surface area (Å²) in [5.41, 5.74) is 3.23. The van der Waals surface area contributed by atoms with Crippen LogP contribution >= 0.6 is 11.3 Å². The molecule has 1 fully saturated rings. The number of fused-ring (bicyclic) bond motifs is 1. The van der Waals surface area contributed by atoms with Gasteiger partial charge in [0.25, 0.3) is 0 Å². The summed E-state index contributed by atoms with van der Waals surface area (Å²) >= 11 is 1.72. The molecular formula is C26H21N5S. The number of aromatic nitrogens is 4. The van der Waals surface area contributed by atoms with E-state index in [0.717, 1.165) is 46.7 Å². The van der Waals surface area contributed by atoms with Crippen LogP contribution in [0.25, 0.3) is 32.0 Å². The zero-order chi connectivity index (χ0) is 21.3. The molecule has 0 N–H and O–H groups in total. The summed E-state index contributed by atoms with van der Waals surface area (Å²) < 4.78 is 0. The van der Waals surface area contributed by atoms with Gasteiger partial charge in [0.1, 0.15) is 10.6 Å². The molecule has 0 aliphatic carbocycles. The van der Waals surface area contributed by atoms with Crippen molar-refractivity contribution in [2.24, 2.45) is 0 Å². The van der Waals surface area contributed by atoms with Gasteiger partial charge in [-0.05, 0) is 48.7 Å².